The fraction of sp³-hybridized carbons (Fsp3) is 0.0680. The predicted molar refractivity (Wildman–Crippen MR) is 450 cm³/mol. The van der Waals surface area contributed by atoms with E-state index in [1.54, 1.807) is 0 Å². The van der Waals surface area contributed by atoms with Crippen LogP contribution >= 0.6 is 0 Å². The van der Waals surface area contributed by atoms with Crippen molar-refractivity contribution in [2.24, 2.45) is 0 Å². The van der Waals surface area contributed by atoms with Gasteiger partial charge in [-0.15, -0.1) is 0 Å². The zero-order chi connectivity index (χ0) is 71.7. The number of aromatic nitrogens is 2. The van der Waals surface area contributed by atoms with Crippen LogP contribution in [0, 0.1) is 0 Å². The minimum atomic E-state index is -0.589. The Balaban J connectivity index is 0.684. The van der Waals surface area contributed by atoms with E-state index in [2.05, 4.69) is 411 Å². The van der Waals surface area contributed by atoms with Gasteiger partial charge in [0.05, 0.1) is 27.5 Å². The van der Waals surface area contributed by atoms with Crippen LogP contribution in [0.3, 0.4) is 0 Å². The highest BCUT2D eigenvalue weighted by Gasteiger charge is 2.47. The van der Waals surface area contributed by atoms with Gasteiger partial charge in [0.2, 0.25) is 0 Å². The molecule has 108 heavy (non-hydrogen) atoms. The molecule has 0 unspecified atom stereocenters. The van der Waals surface area contributed by atoms with Crippen molar-refractivity contribution in [3.8, 4) is 55.9 Å². The van der Waals surface area contributed by atoms with Crippen LogP contribution < -0.4 is 9.80 Å². The quantitative estimate of drug-likeness (QED) is 0.129. The van der Waals surface area contributed by atoms with Crippen LogP contribution in [0.25, 0.3) is 121 Å². The number of rotatable bonds is 11. The molecule has 0 saturated heterocycles. The van der Waals surface area contributed by atoms with E-state index in [1.807, 2.05) is 0 Å². The van der Waals surface area contributed by atoms with Crippen LogP contribution in [0.1, 0.15) is 72.2 Å². The molecule has 0 spiro atoms. The molecule has 5 heteroatoms. The summed E-state index contributed by atoms with van der Waals surface area (Å²) in [4.78, 5) is 4.95. The van der Waals surface area contributed by atoms with Crippen molar-refractivity contribution in [3.05, 3.63) is 408 Å². The van der Waals surface area contributed by atoms with E-state index in [9.17, 15) is 0 Å². The molecule has 3 aromatic heterocycles. The number of furan rings is 1. The first kappa shape index (κ1) is 61.9. The molecule has 0 saturated carbocycles. The first-order chi connectivity index (χ1) is 53.1. The third kappa shape index (κ3) is 8.93. The van der Waals surface area contributed by atoms with Gasteiger partial charge in [-0.05, 0) is 222 Å². The van der Waals surface area contributed by atoms with E-state index in [0.29, 0.717) is 0 Å². The van der Waals surface area contributed by atoms with E-state index >= 15 is 0 Å². The first-order valence-corrected chi connectivity index (χ1v) is 37.7. The molecule has 0 radical (unpaired) electrons. The second kappa shape index (κ2) is 23.3. The molecule has 0 aliphatic heterocycles. The third-order valence-electron chi connectivity index (χ3n) is 24.3. The predicted octanol–water partition coefficient (Wildman–Crippen LogP) is 27.4. The van der Waals surface area contributed by atoms with Gasteiger partial charge in [-0.2, -0.15) is 0 Å². The Hall–Kier alpha value is -13.5. The smallest absolute Gasteiger partial charge is 0.137 e. The molecule has 0 bridgehead atoms. The maximum atomic E-state index is 6.73. The lowest BCUT2D eigenvalue weighted by Gasteiger charge is -2.35. The molecule has 16 aromatic carbocycles. The summed E-state index contributed by atoms with van der Waals surface area (Å²) in [6, 6.07) is 136. The lowest BCUT2D eigenvalue weighted by Crippen LogP contribution is -2.28. The number of hydrogen-bond donors (Lipinski definition) is 0. The molecule has 3 heterocycles. The number of nitrogens with zero attached hydrogens (tertiary/aromatic N) is 4. The molecule has 0 atom stereocenters. The van der Waals surface area contributed by atoms with Crippen molar-refractivity contribution in [2.45, 2.75) is 43.9 Å². The van der Waals surface area contributed by atoms with Crippen LogP contribution in [0.5, 0.6) is 0 Å². The molecule has 0 N–H and O–H groups in total. The van der Waals surface area contributed by atoms with Crippen LogP contribution in [-0.4, -0.2) is 9.13 Å². The maximum absolute atomic E-state index is 6.73. The van der Waals surface area contributed by atoms with Crippen molar-refractivity contribution in [1.29, 1.82) is 0 Å². The Labute approximate surface area is 627 Å². The summed E-state index contributed by atoms with van der Waals surface area (Å²) in [7, 11) is 0. The molecule has 5 nitrogen and oxygen atoms in total. The number of hydrogen-bond acceptors (Lipinski definition) is 3. The van der Waals surface area contributed by atoms with Crippen LogP contribution in [0.2, 0.25) is 0 Å². The molecule has 3 aliphatic carbocycles. The lowest BCUT2D eigenvalue weighted by atomic mass is 9.67. The summed E-state index contributed by atoms with van der Waals surface area (Å²) in [5.41, 5.74) is 34.3. The molecule has 510 valence electrons. The van der Waals surface area contributed by atoms with E-state index < -0.39 is 5.41 Å². The second-order valence-electron chi connectivity index (χ2n) is 30.7. The van der Waals surface area contributed by atoms with E-state index in [1.165, 1.54) is 111 Å². The van der Waals surface area contributed by atoms with Crippen molar-refractivity contribution in [1.82, 2.24) is 9.13 Å². The Morgan fingerprint density at radius 1 is 0.231 bits per heavy atom. The minimum Gasteiger partial charge on any atom is -0.456 e. The summed E-state index contributed by atoms with van der Waals surface area (Å²) in [6.07, 6.45) is 0. The van der Waals surface area contributed by atoms with E-state index in [0.717, 1.165) is 89.4 Å². The van der Waals surface area contributed by atoms with Crippen LogP contribution in [0.15, 0.2) is 368 Å². The highest BCUT2D eigenvalue weighted by Crippen LogP contribution is 2.59. The largest absolute Gasteiger partial charge is 0.456 e. The van der Waals surface area contributed by atoms with Crippen molar-refractivity contribution >= 4 is 99.7 Å². The van der Waals surface area contributed by atoms with E-state index in [-0.39, 0.29) is 10.8 Å². The normalized spacial score (nSPS) is 14.0. The molecule has 22 rings (SSSR count). The summed E-state index contributed by atoms with van der Waals surface area (Å²) in [5.74, 6) is 0. The average molecular weight is 1380 g/mol. The fourth-order valence-corrected chi connectivity index (χ4v) is 19.3. The van der Waals surface area contributed by atoms with Crippen LogP contribution in [-0.2, 0) is 16.2 Å². The minimum absolute atomic E-state index is 0.178. The maximum Gasteiger partial charge on any atom is 0.137 e. The Bertz CT molecular complexity index is 6890. The van der Waals surface area contributed by atoms with E-state index in [4.69, 9.17) is 4.42 Å². The zero-order valence-corrected chi connectivity index (χ0v) is 60.3. The van der Waals surface area contributed by atoms with Crippen LogP contribution in [0.4, 0.5) is 34.1 Å². The number of para-hydroxylation sites is 4. The third-order valence-corrected chi connectivity index (χ3v) is 24.3. The van der Waals surface area contributed by atoms with Crippen molar-refractivity contribution in [3.63, 3.8) is 0 Å². The highest BCUT2D eigenvalue weighted by atomic mass is 16.3. The fourth-order valence-electron chi connectivity index (χ4n) is 19.3. The van der Waals surface area contributed by atoms with Gasteiger partial charge in [0.25, 0.3) is 0 Å². The summed E-state index contributed by atoms with van der Waals surface area (Å²) in [6.45, 7) is 9.59. The summed E-state index contributed by atoms with van der Waals surface area (Å²) >= 11 is 0. The van der Waals surface area contributed by atoms with Crippen molar-refractivity contribution in [2.75, 3.05) is 9.80 Å². The van der Waals surface area contributed by atoms with Gasteiger partial charge < -0.3 is 23.4 Å². The van der Waals surface area contributed by atoms with Gasteiger partial charge in [0.15, 0.2) is 0 Å². The highest BCUT2D eigenvalue weighted by molar-refractivity contribution is 6.14. The summed E-state index contributed by atoms with van der Waals surface area (Å²) in [5, 5.41) is 6.97. The molecule has 3 aliphatic rings. The Kier molecular flexibility index (Phi) is 13.3. The Morgan fingerprint density at radius 2 is 0.620 bits per heavy atom. The molecular formula is C103H72N4O. The Morgan fingerprint density at radius 3 is 1.24 bits per heavy atom. The van der Waals surface area contributed by atoms with Gasteiger partial charge in [-0.25, -0.2) is 0 Å². The average Bonchev–Trinajstić information content (AvgIpc) is 1.52. The number of benzene rings is 16. The van der Waals surface area contributed by atoms with Gasteiger partial charge in [0.1, 0.15) is 11.2 Å². The summed E-state index contributed by atoms with van der Waals surface area (Å²) < 4.78 is 11.6. The van der Waals surface area contributed by atoms with Gasteiger partial charge in [-0.3, -0.25) is 0 Å². The number of anilines is 6. The molecular weight excluding hydrogens is 1310 g/mol. The standard InChI is InChI=1S/C103H72N4O/c1-101(2)89-37-21-17-33-77(89)79-50-43-73(61-92(79)101)104(71-47-55-96-87(59-71)82-35-19-23-39-95(82)106(96)69-29-13-7-14-30-69)74-45-52-81-86-57-65(42-54-90(86)102(3,4)93(81)62-74)66-41-49-83-88-60-72(48-56-97(88)107(98(83)58-66)70-31-15-8-16-32-70)105(76-46-53-85-84-36-20-24-40-99(84)108-100(85)64-76)75-44-51-80-78-34-18-22-38-91(78)103(94(80)63-75,67-25-9-5-10-26-67)68-27-11-6-12-28-68/h5-64H,1-4H3. The van der Waals surface area contributed by atoms with Gasteiger partial charge >= 0.3 is 0 Å². The van der Waals surface area contributed by atoms with Gasteiger partial charge in [-0.1, -0.05) is 252 Å². The molecule has 0 amide bonds. The second-order valence-corrected chi connectivity index (χ2v) is 30.7. The zero-order valence-electron chi connectivity index (χ0n) is 60.3. The molecule has 0 fully saturated rings. The molecule has 19 aromatic rings. The van der Waals surface area contributed by atoms with Gasteiger partial charge in [0, 0.05) is 94.7 Å². The lowest BCUT2D eigenvalue weighted by molar-refractivity contribution is 0.660. The van der Waals surface area contributed by atoms with Crippen molar-refractivity contribution < 1.29 is 4.42 Å². The SMILES string of the molecule is CC1(C)c2ccccc2-c2ccc(N(c3ccc4c(c3)C(C)(C)c3ccc(-c5ccc6c7cc(N(c8ccc9c(c8)C(c8ccccc8)(c8ccccc8)c8ccccc8-9)c8ccc9c(c8)oc8ccccc89)ccc7n(-c7ccccc7)c6c5)cc3-4)c3ccc4c(c3)c3ccccc3n4-c3ccccc3)cc21. The monoisotopic (exact) mass is 1380 g/mol. The number of fused-ring (bicyclic) bond motifs is 18. The topological polar surface area (TPSA) is 29.5 Å². The first-order valence-electron chi connectivity index (χ1n) is 37.7.